The molecule has 0 bridgehead atoms. The van der Waals surface area contributed by atoms with Crippen molar-refractivity contribution in [3.8, 4) is 0 Å². The third-order valence-corrected chi connectivity index (χ3v) is 3.88. The lowest BCUT2D eigenvalue weighted by atomic mass is 10.1. The highest BCUT2D eigenvalue weighted by Gasteiger charge is 2.13. The van der Waals surface area contributed by atoms with Gasteiger partial charge in [0.05, 0.1) is 11.6 Å². The molecule has 3 rings (SSSR count). The standard InChI is InChI=1S/C18H17FN2O3/c1-12(13-6-8-14(19)9-7-13)20-17(22)10-11-21-15-4-2-3-5-16(15)24-18(21)23/h2-9,12H,10-11H2,1H3,(H,20,22)/t12-/m1/s1. The van der Waals surface area contributed by atoms with Crippen LogP contribution in [0.1, 0.15) is 24.9 Å². The molecule has 0 spiro atoms. The number of fused-ring (bicyclic) bond motifs is 1. The lowest BCUT2D eigenvalue weighted by molar-refractivity contribution is -0.121. The van der Waals surface area contributed by atoms with E-state index in [9.17, 15) is 14.0 Å². The van der Waals surface area contributed by atoms with E-state index >= 15 is 0 Å². The summed E-state index contributed by atoms with van der Waals surface area (Å²) in [4.78, 5) is 24.0. The molecule has 24 heavy (non-hydrogen) atoms. The van der Waals surface area contributed by atoms with Crippen LogP contribution in [0, 0.1) is 5.82 Å². The van der Waals surface area contributed by atoms with Gasteiger partial charge in [0.25, 0.3) is 0 Å². The van der Waals surface area contributed by atoms with Crippen LogP contribution in [-0.2, 0) is 11.3 Å². The first-order valence-electron chi connectivity index (χ1n) is 7.68. The second-order valence-electron chi connectivity index (χ2n) is 5.58. The van der Waals surface area contributed by atoms with Gasteiger partial charge in [-0.1, -0.05) is 24.3 Å². The SMILES string of the molecule is C[C@@H](NC(=O)CCn1c(=O)oc2ccccc21)c1ccc(F)cc1. The Morgan fingerprint density at radius 1 is 1.21 bits per heavy atom. The molecule has 1 amide bonds. The van der Waals surface area contributed by atoms with E-state index in [0.29, 0.717) is 11.1 Å². The summed E-state index contributed by atoms with van der Waals surface area (Å²) in [6, 6.07) is 12.8. The predicted octanol–water partition coefficient (Wildman–Crippen LogP) is 3.00. The zero-order valence-electron chi connectivity index (χ0n) is 13.2. The fraction of sp³-hybridized carbons (Fsp3) is 0.222. The summed E-state index contributed by atoms with van der Waals surface area (Å²) >= 11 is 0. The van der Waals surface area contributed by atoms with Crippen LogP contribution >= 0.6 is 0 Å². The molecule has 124 valence electrons. The predicted molar refractivity (Wildman–Crippen MR) is 88.0 cm³/mol. The fourth-order valence-corrected chi connectivity index (χ4v) is 2.59. The normalized spacial score (nSPS) is 12.2. The minimum absolute atomic E-state index is 0.148. The number of oxazole rings is 1. The van der Waals surface area contributed by atoms with E-state index in [-0.39, 0.29) is 30.7 Å². The number of carbonyl (C=O) groups is 1. The summed E-state index contributed by atoms with van der Waals surface area (Å²) in [5, 5.41) is 2.84. The Hall–Kier alpha value is -2.89. The number of para-hydroxylation sites is 2. The van der Waals surface area contributed by atoms with Crippen LogP contribution in [-0.4, -0.2) is 10.5 Å². The molecule has 0 saturated heterocycles. The molecule has 5 nitrogen and oxygen atoms in total. The highest BCUT2D eigenvalue weighted by molar-refractivity contribution is 5.77. The highest BCUT2D eigenvalue weighted by Crippen LogP contribution is 2.14. The molecule has 0 aliphatic heterocycles. The topological polar surface area (TPSA) is 64.2 Å². The Kier molecular flexibility index (Phi) is 4.46. The largest absolute Gasteiger partial charge is 0.419 e. The van der Waals surface area contributed by atoms with Gasteiger partial charge in [-0.05, 0) is 36.8 Å². The van der Waals surface area contributed by atoms with Crippen molar-refractivity contribution < 1.29 is 13.6 Å². The highest BCUT2D eigenvalue weighted by atomic mass is 19.1. The van der Waals surface area contributed by atoms with E-state index < -0.39 is 5.76 Å². The maximum Gasteiger partial charge on any atom is 0.419 e. The lowest BCUT2D eigenvalue weighted by Gasteiger charge is -2.14. The van der Waals surface area contributed by atoms with Gasteiger partial charge in [0.1, 0.15) is 5.82 Å². The first kappa shape index (κ1) is 16.0. The minimum Gasteiger partial charge on any atom is -0.408 e. The van der Waals surface area contributed by atoms with Crippen molar-refractivity contribution in [1.29, 1.82) is 0 Å². The molecule has 1 heterocycles. The van der Waals surface area contributed by atoms with Gasteiger partial charge in [-0.15, -0.1) is 0 Å². The third-order valence-electron chi connectivity index (χ3n) is 3.88. The Labute approximate surface area is 137 Å². The number of carbonyl (C=O) groups excluding carboxylic acids is 1. The van der Waals surface area contributed by atoms with E-state index in [0.717, 1.165) is 5.56 Å². The number of hydrogen-bond donors (Lipinski definition) is 1. The second-order valence-corrected chi connectivity index (χ2v) is 5.58. The summed E-state index contributed by atoms with van der Waals surface area (Å²) in [5.41, 5.74) is 1.99. The number of nitrogens with zero attached hydrogens (tertiary/aromatic N) is 1. The smallest absolute Gasteiger partial charge is 0.408 e. The molecule has 0 unspecified atom stereocenters. The molecule has 1 atom stereocenters. The molecule has 0 radical (unpaired) electrons. The summed E-state index contributed by atoms with van der Waals surface area (Å²) in [7, 11) is 0. The minimum atomic E-state index is -0.476. The maximum atomic E-state index is 12.9. The van der Waals surface area contributed by atoms with Crippen molar-refractivity contribution in [2.45, 2.75) is 25.9 Å². The third kappa shape index (κ3) is 3.37. The van der Waals surface area contributed by atoms with Crippen LogP contribution in [0.2, 0.25) is 0 Å². The first-order valence-corrected chi connectivity index (χ1v) is 7.68. The number of rotatable bonds is 5. The van der Waals surface area contributed by atoms with Crippen molar-refractivity contribution in [3.05, 3.63) is 70.5 Å². The van der Waals surface area contributed by atoms with Gasteiger partial charge >= 0.3 is 5.76 Å². The van der Waals surface area contributed by atoms with Gasteiger partial charge in [-0.2, -0.15) is 0 Å². The monoisotopic (exact) mass is 328 g/mol. The summed E-state index contributed by atoms with van der Waals surface area (Å²) in [5.74, 6) is -0.983. The van der Waals surface area contributed by atoms with Crippen LogP contribution in [0.25, 0.3) is 11.1 Å². The van der Waals surface area contributed by atoms with Crippen molar-refractivity contribution in [2.24, 2.45) is 0 Å². The van der Waals surface area contributed by atoms with E-state index in [2.05, 4.69) is 5.32 Å². The summed E-state index contributed by atoms with van der Waals surface area (Å²) in [6.45, 7) is 2.06. The molecule has 0 aliphatic carbocycles. The first-order chi connectivity index (χ1) is 11.5. The van der Waals surface area contributed by atoms with Crippen molar-refractivity contribution in [2.75, 3.05) is 0 Å². The molecule has 1 aromatic heterocycles. The van der Waals surface area contributed by atoms with Crippen molar-refractivity contribution in [3.63, 3.8) is 0 Å². The molecule has 3 aromatic rings. The van der Waals surface area contributed by atoms with Crippen LogP contribution in [0.3, 0.4) is 0 Å². The number of benzene rings is 2. The number of halogens is 1. The van der Waals surface area contributed by atoms with Crippen molar-refractivity contribution in [1.82, 2.24) is 9.88 Å². The Morgan fingerprint density at radius 3 is 2.67 bits per heavy atom. The maximum absolute atomic E-state index is 12.9. The lowest BCUT2D eigenvalue weighted by Crippen LogP contribution is -2.28. The zero-order chi connectivity index (χ0) is 17.1. The van der Waals surface area contributed by atoms with Crippen LogP contribution in [0.4, 0.5) is 4.39 Å². The molecule has 1 N–H and O–H groups in total. The van der Waals surface area contributed by atoms with Gasteiger partial charge < -0.3 is 9.73 Å². The fourth-order valence-electron chi connectivity index (χ4n) is 2.59. The Balaban J connectivity index is 1.64. The van der Waals surface area contributed by atoms with E-state index in [1.807, 2.05) is 13.0 Å². The molecule has 0 fully saturated rings. The summed E-state index contributed by atoms with van der Waals surface area (Å²) < 4.78 is 19.5. The van der Waals surface area contributed by atoms with Gasteiger partial charge in [0.15, 0.2) is 5.58 Å². The number of nitrogens with one attached hydrogen (secondary N) is 1. The molecule has 0 saturated carbocycles. The van der Waals surface area contributed by atoms with E-state index in [1.165, 1.54) is 16.7 Å². The average Bonchev–Trinajstić information content (AvgIpc) is 2.88. The Morgan fingerprint density at radius 2 is 1.92 bits per heavy atom. The van der Waals surface area contributed by atoms with E-state index in [1.54, 1.807) is 30.3 Å². The molecule has 0 aliphatic rings. The number of aryl methyl sites for hydroxylation is 1. The van der Waals surface area contributed by atoms with E-state index in [4.69, 9.17) is 4.42 Å². The number of aromatic nitrogens is 1. The van der Waals surface area contributed by atoms with Crippen LogP contribution in [0.5, 0.6) is 0 Å². The Bertz CT molecular complexity index is 912. The summed E-state index contributed by atoms with van der Waals surface area (Å²) in [6.07, 6.45) is 0.148. The molecule has 6 heteroatoms. The van der Waals surface area contributed by atoms with Crippen LogP contribution in [0.15, 0.2) is 57.7 Å². The second kappa shape index (κ2) is 6.70. The zero-order valence-corrected chi connectivity index (χ0v) is 13.2. The molecular formula is C18H17FN2O3. The quantitative estimate of drug-likeness (QED) is 0.783. The number of hydrogen-bond acceptors (Lipinski definition) is 3. The van der Waals surface area contributed by atoms with Crippen LogP contribution < -0.4 is 11.1 Å². The molecular weight excluding hydrogens is 311 g/mol. The average molecular weight is 328 g/mol. The van der Waals surface area contributed by atoms with Gasteiger partial charge in [-0.25, -0.2) is 9.18 Å². The van der Waals surface area contributed by atoms with Gasteiger partial charge in [-0.3, -0.25) is 9.36 Å². The molecule has 2 aromatic carbocycles. The van der Waals surface area contributed by atoms with Crippen molar-refractivity contribution >= 4 is 17.0 Å². The van der Waals surface area contributed by atoms with Gasteiger partial charge in [0.2, 0.25) is 5.91 Å². The number of amides is 1. The van der Waals surface area contributed by atoms with Gasteiger partial charge in [0, 0.05) is 13.0 Å².